The molecule has 0 unspecified atom stereocenters. The van der Waals surface area contributed by atoms with E-state index in [0.717, 1.165) is 6.54 Å². The summed E-state index contributed by atoms with van der Waals surface area (Å²) < 4.78 is 6.56. The number of ether oxygens (including phenoxy) is 1. The van der Waals surface area contributed by atoms with E-state index in [1.807, 2.05) is 13.0 Å². The zero-order valence-corrected chi connectivity index (χ0v) is 8.62. The molecule has 0 radical (unpaired) electrons. The number of rotatable bonds is 5. The van der Waals surface area contributed by atoms with Gasteiger partial charge in [-0.1, -0.05) is 0 Å². The van der Waals surface area contributed by atoms with Gasteiger partial charge in [-0.15, -0.1) is 0 Å². The molecule has 0 saturated carbocycles. The lowest BCUT2D eigenvalue weighted by atomic mass is 10.4. The molecule has 1 aromatic heterocycles. The normalized spacial score (nSPS) is 10.1. The van der Waals surface area contributed by atoms with E-state index in [4.69, 9.17) is 4.74 Å². The Hall–Kier alpha value is -1.29. The summed E-state index contributed by atoms with van der Waals surface area (Å²) in [4.78, 5) is 11.7. The Morgan fingerprint density at radius 2 is 2.36 bits per heavy atom. The number of anilines is 1. The molecular formula is C10H16N2O2. The van der Waals surface area contributed by atoms with Crippen LogP contribution in [-0.4, -0.2) is 24.8 Å². The quantitative estimate of drug-likeness (QED) is 0.761. The Balaban J connectivity index is 2.84. The molecule has 0 spiro atoms. The molecule has 0 bridgehead atoms. The van der Waals surface area contributed by atoms with Crippen LogP contribution in [0.2, 0.25) is 0 Å². The van der Waals surface area contributed by atoms with Crippen LogP contribution < -0.4 is 10.9 Å². The minimum Gasteiger partial charge on any atom is -0.383 e. The van der Waals surface area contributed by atoms with Crippen LogP contribution in [0.4, 0.5) is 5.69 Å². The maximum atomic E-state index is 11.7. The van der Waals surface area contributed by atoms with Crippen molar-refractivity contribution < 1.29 is 4.74 Å². The highest BCUT2D eigenvalue weighted by molar-refractivity contribution is 5.39. The Bertz CT molecular complexity index is 333. The molecule has 1 aromatic rings. The number of nitrogens with one attached hydrogen (secondary N) is 1. The number of nitrogens with zero attached hydrogens (tertiary/aromatic N) is 1. The monoisotopic (exact) mass is 196 g/mol. The van der Waals surface area contributed by atoms with Crippen molar-refractivity contribution in [2.24, 2.45) is 0 Å². The molecule has 0 aliphatic carbocycles. The molecule has 0 fully saturated rings. The Kier molecular flexibility index (Phi) is 4.19. The van der Waals surface area contributed by atoms with Crippen LogP contribution in [0.15, 0.2) is 23.1 Å². The van der Waals surface area contributed by atoms with Crippen molar-refractivity contribution in [2.45, 2.75) is 13.5 Å². The molecule has 0 aliphatic rings. The van der Waals surface area contributed by atoms with Crippen LogP contribution in [0.25, 0.3) is 0 Å². The van der Waals surface area contributed by atoms with Crippen LogP contribution in [0.3, 0.4) is 0 Å². The average molecular weight is 196 g/mol. The average Bonchev–Trinajstić information content (AvgIpc) is 2.20. The van der Waals surface area contributed by atoms with Gasteiger partial charge in [-0.2, -0.15) is 0 Å². The highest BCUT2D eigenvalue weighted by atomic mass is 16.5. The molecule has 1 rings (SSSR count). The molecule has 0 aromatic carbocycles. The largest absolute Gasteiger partial charge is 0.383 e. The maximum Gasteiger partial charge on any atom is 0.273 e. The van der Waals surface area contributed by atoms with Crippen molar-refractivity contribution in [1.82, 2.24) is 4.57 Å². The van der Waals surface area contributed by atoms with Gasteiger partial charge in [0.2, 0.25) is 0 Å². The van der Waals surface area contributed by atoms with Crippen LogP contribution in [0.1, 0.15) is 6.92 Å². The van der Waals surface area contributed by atoms with Gasteiger partial charge in [-0.3, -0.25) is 4.79 Å². The van der Waals surface area contributed by atoms with Crippen LogP contribution in [0, 0.1) is 0 Å². The molecular weight excluding hydrogens is 180 g/mol. The fourth-order valence-electron chi connectivity index (χ4n) is 1.23. The van der Waals surface area contributed by atoms with E-state index < -0.39 is 0 Å². The van der Waals surface area contributed by atoms with Gasteiger partial charge in [-0.05, 0) is 19.1 Å². The molecule has 0 aliphatic heterocycles. The number of methoxy groups -OCH3 is 1. The molecule has 14 heavy (non-hydrogen) atoms. The minimum atomic E-state index is 0.00593. The molecule has 1 N–H and O–H groups in total. The van der Waals surface area contributed by atoms with Gasteiger partial charge in [0.1, 0.15) is 5.69 Å². The Morgan fingerprint density at radius 1 is 1.57 bits per heavy atom. The van der Waals surface area contributed by atoms with E-state index in [0.29, 0.717) is 18.8 Å². The van der Waals surface area contributed by atoms with Gasteiger partial charge in [0.25, 0.3) is 5.56 Å². The second-order valence-electron chi connectivity index (χ2n) is 2.94. The summed E-state index contributed by atoms with van der Waals surface area (Å²) in [6, 6.07) is 3.64. The number of pyridine rings is 1. The van der Waals surface area contributed by atoms with Gasteiger partial charge in [0.15, 0.2) is 0 Å². The van der Waals surface area contributed by atoms with Crippen LogP contribution in [-0.2, 0) is 11.3 Å². The molecule has 4 nitrogen and oxygen atoms in total. The predicted octanol–water partition coefficient (Wildman–Crippen LogP) is 0.926. The second kappa shape index (κ2) is 5.44. The highest BCUT2D eigenvalue weighted by Crippen LogP contribution is 1.97. The fourth-order valence-corrected chi connectivity index (χ4v) is 1.23. The van der Waals surface area contributed by atoms with Gasteiger partial charge in [-0.25, -0.2) is 0 Å². The summed E-state index contributed by atoms with van der Waals surface area (Å²) in [6.07, 6.45) is 1.77. The van der Waals surface area contributed by atoms with Crippen molar-refractivity contribution in [3.05, 3.63) is 28.7 Å². The van der Waals surface area contributed by atoms with Crippen LogP contribution >= 0.6 is 0 Å². The third kappa shape index (κ3) is 2.60. The lowest BCUT2D eigenvalue weighted by molar-refractivity contribution is 0.186. The molecule has 0 amide bonds. The summed E-state index contributed by atoms with van der Waals surface area (Å²) >= 11 is 0. The van der Waals surface area contributed by atoms with Crippen molar-refractivity contribution in [3.8, 4) is 0 Å². The predicted molar refractivity (Wildman–Crippen MR) is 56.7 cm³/mol. The first-order valence-corrected chi connectivity index (χ1v) is 4.72. The first-order valence-electron chi connectivity index (χ1n) is 4.72. The van der Waals surface area contributed by atoms with Crippen LogP contribution in [0.5, 0.6) is 0 Å². The topological polar surface area (TPSA) is 43.3 Å². The molecule has 4 heteroatoms. The zero-order valence-electron chi connectivity index (χ0n) is 8.62. The third-order valence-electron chi connectivity index (χ3n) is 1.92. The summed E-state index contributed by atoms with van der Waals surface area (Å²) in [5, 5.41) is 3.02. The Labute approximate surface area is 83.5 Å². The van der Waals surface area contributed by atoms with E-state index >= 15 is 0 Å². The molecule has 1 heterocycles. The molecule has 78 valence electrons. The summed E-state index contributed by atoms with van der Waals surface area (Å²) in [5.41, 5.74) is 0.650. The van der Waals surface area contributed by atoms with Gasteiger partial charge < -0.3 is 14.6 Å². The van der Waals surface area contributed by atoms with E-state index in [2.05, 4.69) is 5.32 Å². The van der Waals surface area contributed by atoms with Gasteiger partial charge >= 0.3 is 0 Å². The molecule has 0 saturated heterocycles. The summed E-state index contributed by atoms with van der Waals surface area (Å²) in [7, 11) is 1.62. The van der Waals surface area contributed by atoms with E-state index in [1.165, 1.54) is 0 Å². The second-order valence-corrected chi connectivity index (χ2v) is 2.94. The van der Waals surface area contributed by atoms with E-state index in [9.17, 15) is 4.79 Å². The third-order valence-corrected chi connectivity index (χ3v) is 1.92. The van der Waals surface area contributed by atoms with Crippen molar-refractivity contribution in [3.63, 3.8) is 0 Å². The van der Waals surface area contributed by atoms with Crippen molar-refractivity contribution >= 4 is 5.69 Å². The molecule has 0 atom stereocenters. The van der Waals surface area contributed by atoms with Crippen molar-refractivity contribution in [1.29, 1.82) is 0 Å². The summed E-state index contributed by atoms with van der Waals surface area (Å²) in [5.74, 6) is 0. The van der Waals surface area contributed by atoms with E-state index in [-0.39, 0.29) is 5.56 Å². The number of hydrogen-bond donors (Lipinski definition) is 1. The summed E-state index contributed by atoms with van der Waals surface area (Å²) in [6.45, 7) is 3.86. The SMILES string of the molecule is CCNc1cccn(CCOC)c1=O. The minimum absolute atomic E-state index is 0.00593. The van der Waals surface area contributed by atoms with Gasteiger partial charge in [0.05, 0.1) is 6.61 Å². The lowest BCUT2D eigenvalue weighted by Gasteiger charge is -2.07. The zero-order chi connectivity index (χ0) is 10.4. The smallest absolute Gasteiger partial charge is 0.273 e. The standard InChI is InChI=1S/C10H16N2O2/c1-3-11-9-5-4-6-12(10(9)13)7-8-14-2/h4-6,11H,3,7-8H2,1-2H3. The highest BCUT2D eigenvalue weighted by Gasteiger charge is 2.00. The Morgan fingerprint density at radius 3 is 3.00 bits per heavy atom. The van der Waals surface area contributed by atoms with E-state index in [1.54, 1.807) is 23.9 Å². The first kappa shape index (κ1) is 10.8. The number of aromatic nitrogens is 1. The number of hydrogen-bond acceptors (Lipinski definition) is 3. The maximum absolute atomic E-state index is 11.7. The fraction of sp³-hybridized carbons (Fsp3) is 0.500. The van der Waals surface area contributed by atoms with Gasteiger partial charge in [0, 0.05) is 26.4 Å². The van der Waals surface area contributed by atoms with Crippen molar-refractivity contribution in [2.75, 3.05) is 25.6 Å². The first-order chi connectivity index (χ1) is 6.79. The lowest BCUT2D eigenvalue weighted by Crippen LogP contribution is -2.24.